The van der Waals surface area contributed by atoms with E-state index in [1.165, 1.54) is 24.1 Å². The minimum atomic E-state index is -1.07. The van der Waals surface area contributed by atoms with Crippen LogP contribution in [0.3, 0.4) is 0 Å². The first-order valence-electron chi connectivity index (χ1n) is 7.10. The molecule has 0 unspecified atom stereocenters. The average molecular weight is 316 g/mol. The Labute approximate surface area is 133 Å². The van der Waals surface area contributed by atoms with E-state index in [0.29, 0.717) is 28.6 Å². The van der Waals surface area contributed by atoms with Crippen molar-refractivity contribution < 1.29 is 18.7 Å². The van der Waals surface area contributed by atoms with Crippen molar-refractivity contribution in [3.05, 3.63) is 42.2 Å². The van der Waals surface area contributed by atoms with Crippen LogP contribution in [0.5, 0.6) is 11.5 Å². The summed E-state index contributed by atoms with van der Waals surface area (Å²) in [6.45, 7) is 3.35. The van der Waals surface area contributed by atoms with E-state index in [9.17, 15) is 9.18 Å². The van der Waals surface area contributed by atoms with Crippen molar-refractivity contribution in [2.75, 3.05) is 17.7 Å². The fourth-order valence-electron chi connectivity index (χ4n) is 2.54. The summed E-state index contributed by atoms with van der Waals surface area (Å²) < 4.78 is 24.2. The number of hydrogen-bond acceptors (Lipinski definition) is 4. The molecule has 0 saturated heterocycles. The van der Waals surface area contributed by atoms with Crippen LogP contribution >= 0.6 is 0 Å². The predicted octanol–water partition coefficient (Wildman–Crippen LogP) is 3.25. The van der Waals surface area contributed by atoms with E-state index in [4.69, 9.17) is 15.2 Å². The van der Waals surface area contributed by atoms with E-state index in [0.717, 1.165) is 0 Å². The third-order valence-electron chi connectivity index (χ3n) is 3.72. The number of amides is 1. The molecular formula is C17H17FN2O3. The molecule has 5 nitrogen and oxygen atoms in total. The Morgan fingerprint density at radius 1 is 1.22 bits per heavy atom. The number of halogens is 1. The highest BCUT2D eigenvalue weighted by atomic mass is 19.1. The van der Waals surface area contributed by atoms with Crippen LogP contribution in [0.25, 0.3) is 0 Å². The Bertz CT molecular complexity index is 772. The van der Waals surface area contributed by atoms with Gasteiger partial charge in [-0.2, -0.15) is 0 Å². The van der Waals surface area contributed by atoms with Gasteiger partial charge in [0.2, 0.25) is 0 Å². The van der Waals surface area contributed by atoms with Crippen LogP contribution in [0, 0.1) is 5.82 Å². The van der Waals surface area contributed by atoms with Crippen LogP contribution in [-0.2, 0) is 4.79 Å². The Hall–Kier alpha value is -2.76. The summed E-state index contributed by atoms with van der Waals surface area (Å²) in [6.07, 6.45) is 0. The van der Waals surface area contributed by atoms with Crippen molar-refractivity contribution in [2.24, 2.45) is 0 Å². The third kappa shape index (κ3) is 2.46. The number of ether oxygens (including phenoxy) is 2. The lowest BCUT2D eigenvalue weighted by Crippen LogP contribution is -2.50. The molecule has 1 heterocycles. The molecule has 6 heteroatoms. The average Bonchev–Trinajstić information content (AvgIpc) is 2.49. The van der Waals surface area contributed by atoms with Crippen molar-refractivity contribution in [2.45, 2.75) is 19.4 Å². The zero-order valence-corrected chi connectivity index (χ0v) is 13.1. The van der Waals surface area contributed by atoms with Gasteiger partial charge in [0.05, 0.1) is 18.5 Å². The van der Waals surface area contributed by atoms with Crippen LogP contribution in [0.1, 0.15) is 13.8 Å². The highest BCUT2D eigenvalue weighted by molar-refractivity contribution is 6.08. The fourth-order valence-corrected chi connectivity index (χ4v) is 2.54. The lowest BCUT2D eigenvalue weighted by molar-refractivity contribution is -0.131. The molecule has 2 aromatic carbocycles. The minimum Gasteiger partial charge on any atom is -0.495 e. The van der Waals surface area contributed by atoms with Gasteiger partial charge in [0.15, 0.2) is 5.60 Å². The summed E-state index contributed by atoms with van der Waals surface area (Å²) >= 11 is 0. The third-order valence-corrected chi connectivity index (χ3v) is 3.72. The van der Waals surface area contributed by atoms with Crippen molar-refractivity contribution in [3.8, 4) is 11.5 Å². The van der Waals surface area contributed by atoms with E-state index < -0.39 is 5.60 Å². The Morgan fingerprint density at radius 2 is 1.87 bits per heavy atom. The smallest absolute Gasteiger partial charge is 0.275 e. The predicted molar refractivity (Wildman–Crippen MR) is 85.7 cm³/mol. The molecule has 0 aliphatic carbocycles. The molecule has 2 aromatic rings. The van der Waals surface area contributed by atoms with Gasteiger partial charge < -0.3 is 15.2 Å². The summed E-state index contributed by atoms with van der Waals surface area (Å²) in [5.41, 5.74) is 6.32. The second-order valence-electron chi connectivity index (χ2n) is 5.79. The van der Waals surface area contributed by atoms with Crippen LogP contribution in [0.2, 0.25) is 0 Å². The van der Waals surface area contributed by atoms with Gasteiger partial charge in [0.25, 0.3) is 5.91 Å². The second kappa shape index (κ2) is 5.15. The van der Waals surface area contributed by atoms with Gasteiger partial charge in [-0.3, -0.25) is 9.69 Å². The number of nitrogens with two attached hydrogens (primary N) is 1. The molecule has 1 aliphatic heterocycles. The van der Waals surface area contributed by atoms with Gasteiger partial charge in [-0.15, -0.1) is 0 Å². The zero-order valence-electron chi connectivity index (χ0n) is 13.1. The van der Waals surface area contributed by atoms with Crippen LogP contribution in [-0.4, -0.2) is 18.6 Å². The van der Waals surface area contributed by atoms with Crippen molar-refractivity contribution in [3.63, 3.8) is 0 Å². The van der Waals surface area contributed by atoms with Crippen molar-refractivity contribution >= 4 is 23.0 Å². The molecule has 0 spiro atoms. The number of carbonyl (C=O) groups excluding carboxylic acids is 1. The Morgan fingerprint density at radius 3 is 2.48 bits per heavy atom. The van der Waals surface area contributed by atoms with E-state index in [1.807, 2.05) is 0 Å². The minimum absolute atomic E-state index is 0.261. The second-order valence-corrected chi connectivity index (χ2v) is 5.79. The lowest BCUT2D eigenvalue weighted by Gasteiger charge is -2.39. The molecule has 0 saturated carbocycles. The van der Waals surface area contributed by atoms with Gasteiger partial charge >= 0.3 is 0 Å². The molecule has 23 heavy (non-hydrogen) atoms. The SMILES string of the molecule is COc1cc2c(cc1N)OC(C)(C)C(=O)N2c1ccc(F)cc1. The standard InChI is InChI=1S/C17H17FN2O3/c1-17(2)16(21)20(11-6-4-10(18)5-7-11)13-9-14(22-3)12(19)8-15(13)23-17/h4-9H,19H2,1-3H3. The Kier molecular flexibility index (Phi) is 3.39. The quantitative estimate of drug-likeness (QED) is 0.864. The molecule has 0 fully saturated rings. The lowest BCUT2D eigenvalue weighted by atomic mass is 10.0. The maximum atomic E-state index is 13.2. The summed E-state index contributed by atoms with van der Waals surface area (Å²) in [5.74, 6) is 0.274. The summed E-state index contributed by atoms with van der Waals surface area (Å²) in [6, 6.07) is 8.96. The number of methoxy groups -OCH3 is 1. The highest BCUT2D eigenvalue weighted by Gasteiger charge is 2.42. The molecule has 0 atom stereocenters. The number of nitrogen functional groups attached to an aromatic ring is 1. The molecule has 1 amide bonds. The van der Waals surface area contributed by atoms with Crippen LogP contribution in [0.4, 0.5) is 21.5 Å². The van der Waals surface area contributed by atoms with E-state index in [-0.39, 0.29) is 11.7 Å². The van der Waals surface area contributed by atoms with E-state index in [1.54, 1.807) is 38.1 Å². The van der Waals surface area contributed by atoms with E-state index >= 15 is 0 Å². The largest absolute Gasteiger partial charge is 0.495 e. The van der Waals surface area contributed by atoms with Gasteiger partial charge in [-0.05, 0) is 38.1 Å². The number of benzene rings is 2. The first-order valence-corrected chi connectivity index (χ1v) is 7.10. The number of anilines is 3. The highest BCUT2D eigenvalue weighted by Crippen LogP contribution is 2.45. The number of carbonyl (C=O) groups is 1. The van der Waals surface area contributed by atoms with Gasteiger partial charge in [-0.1, -0.05) is 0 Å². The first kappa shape index (κ1) is 15.1. The van der Waals surface area contributed by atoms with E-state index in [2.05, 4.69) is 0 Å². The fraction of sp³-hybridized carbons (Fsp3) is 0.235. The first-order chi connectivity index (χ1) is 10.8. The molecule has 0 aromatic heterocycles. The zero-order chi connectivity index (χ0) is 16.8. The van der Waals surface area contributed by atoms with Gasteiger partial charge in [0, 0.05) is 17.8 Å². The van der Waals surface area contributed by atoms with Crippen LogP contribution in [0.15, 0.2) is 36.4 Å². The number of rotatable bonds is 2. The molecule has 2 N–H and O–H groups in total. The molecule has 3 rings (SSSR count). The number of fused-ring (bicyclic) bond motifs is 1. The van der Waals surface area contributed by atoms with Crippen molar-refractivity contribution in [1.82, 2.24) is 0 Å². The normalized spacial score (nSPS) is 15.8. The summed E-state index contributed by atoms with van der Waals surface area (Å²) in [5, 5.41) is 0. The van der Waals surface area contributed by atoms with Gasteiger partial charge in [-0.25, -0.2) is 4.39 Å². The van der Waals surface area contributed by atoms with Crippen molar-refractivity contribution in [1.29, 1.82) is 0 Å². The number of nitrogens with zero attached hydrogens (tertiary/aromatic N) is 1. The van der Waals surface area contributed by atoms with Crippen LogP contribution < -0.4 is 20.1 Å². The summed E-state index contributed by atoms with van der Waals surface area (Å²) in [7, 11) is 1.50. The topological polar surface area (TPSA) is 64.8 Å². The monoisotopic (exact) mass is 316 g/mol. The van der Waals surface area contributed by atoms with Gasteiger partial charge in [0.1, 0.15) is 17.3 Å². The summed E-state index contributed by atoms with van der Waals surface area (Å²) in [4.78, 5) is 14.3. The molecule has 120 valence electrons. The maximum absolute atomic E-state index is 13.2. The number of hydrogen-bond donors (Lipinski definition) is 1. The molecule has 0 radical (unpaired) electrons. The molecule has 1 aliphatic rings. The maximum Gasteiger partial charge on any atom is 0.275 e. The molecule has 0 bridgehead atoms. The molecular weight excluding hydrogens is 299 g/mol. The Balaban J connectivity index is 2.22.